The molecule has 0 aliphatic heterocycles. The summed E-state index contributed by atoms with van der Waals surface area (Å²) in [5, 5.41) is 15.0. The summed E-state index contributed by atoms with van der Waals surface area (Å²) >= 11 is 0. The molecule has 118 valence electrons. The number of benzene rings is 1. The lowest BCUT2D eigenvalue weighted by Crippen LogP contribution is -2.18. The number of anilines is 1. The van der Waals surface area contributed by atoms with E-state index < -0.39 is 0 Å². The molecular weight excluding hydrogens is 274 g/mol. The highest BCUT2D eigenvalue weighted by atomic mass is 16.1. The number of nitrogens with zero attached hydrogens (tertiary/aromatic N) is 1. The Hall–Kier alpha value is -2.28. The summed E-state index contributed by atoms with van der Waals surface area (Å²) in [6.45, 7) is 9.15. The number of rotatable bonds is 7. The molecule has 22 heavy (non-hydrogen) atoms. The van der Waals surface area contributed by atoms with E-state index in [0.29, 0.717) is 11.8 Å². The second-order valence-electron chi connectivity index (χ2n) is 6.00. The number of hydrogen-bond donors (Lipinski definition) is 2. The number of nitrogens with one attached hydrogen (secondary N) is 2. The first-order valence-electron chi connectivity index (χ1n) is 7.69. The number of carbonyl (C=O) groups excluding carboxylic acids is 1. The van der Waals surface area contributed by atoms with Crippen molar-refractivity contribution in [1.29, 1.82) is 5.26 Å². The van der Waals surface area contributed by atoms with Crippen LogP contribution in [0.3, 0.4) is 0 Å². The molecule has 2 N–H and O–H groups in total. The Bertz CT molecular complexity index is 568. The Morgan fingerprint density at radius 2 is 1.95 bits per heavy atom. The third kappa shape index (κ3) is 5.61. The SMILES string of the molecule is CC(C)CCN/C=C(/C#N)C(=O)Nc1ccccc1C(C)C. The molecule has 4 heteroatoms. The van der Waals surface area contributed by atoms with E-state index >= 15 is 0 Å². The van der Waals surface area contributed by atoms with Gasteiger partial charge in [-0.15, -0.1) is 0 Å². The number of nitriles is 1. The van der Waals surface area contributed by atoms with Gasteiger partial charge in [0.1, 0.15) is 11.6 Å². The van der Waals surface area contributed by atoms with Crippen LogP contribution in [0.4, 0.5) is 5.69 Å². The maximum atomic E-state index is 12.2. The Morgan fingerprint density at radius 3 is 2.55 bits per heavy atom. The van der Waals surface area contributed by atoms with Gasteiger partial charge in [0, 0.05) is 18.4 Å². The van der Waals surface area contributed by atoms with E-state index in [2.05, 4.69) is 38.3 Å². The predicted octanol–water partition coefficient (Wildman–Crippen LogP) is 3.79. The molecule has 4 nitrogen and oxygen atoms in total. The van der Waals surface area contributed by atoms with Crippen LogP contribution in [0.25, 0.3) is 0 Å². The van der Waals surface area contributed by atoms with Crippen LogP contribution in [0, 0.1) is 17.2 Å². The summed E-state index contributed by atoms with van der Waals surface area (Å²) in [5.74, 6) is 0.501. The van der Waals surface area contributed by atoms with E-state index in [9.17, 15) is 4.79 Å². The van der Waals surface area contributed by atoms with Gasteiger partial charge in [-0.3, -0.25) is 4.79 Å². The van der Waals surface area contributed by atoms with E-state index in [1.807, 2.05) is 30.3 Å². The van der Waals surface area contributed by atoms with Crippen molar-refractivity contribution in [2.75, 3.05) is 11.9 Å². The van der Waals surface area contributed by atoms with Crippen LogP contribution in [0.2, 0.25) is 0 Å². The fraction of sp³-hybridized carbons (Fsp3) is 0.444. The summed E-state index contributed by atoms with van der Waals surface area (Å²) in [5.41, 5.74) is 1.90. The molecule has 0 bridgehead atoms. The van der Waals surface area contributed by atoms with Crippen molar-refractivity contribution in [3.63, 3.8) is 0 Å². The molecule has 0 radical (unpaired) electrons. The van der Waals surface area contributed by atoms with Crippen LogP contribution in [0.1, 0.15) is 45.6 Å². The number of amides is 1. The quantitative estimate of drug-likeness (QED) is 0.457. The first kappa shape index (κ1) is 17.8. The molecule has 0 aliphatic rings. The molecule has 0 saturated carbocycles. The summed E-state index contributed by atoms with van der Waals surface area (Å²) in [6.07, 6.45) is 2.49. The van der Waals surface area contributed by atoms with Crippen LogP contribution in [-0.4, -0.2) is 12.5 Å². The predicted molar refractivity (Wildman–Crippen MR) is 90.3 cm³/mol. The van der Waals surface area contributed by atoms with Crippen LogP contribution in [0.15, 0.2) is 36.0 Å². The molecule has 1 rings (SSSR count). The molecule has 1 aromatic carbocycles. The lowest BCUT2D eigenvalue weighted by molar-refractivity contribution is -0.112. The zero-order valence-electron chi connectivity index (χ0n) is 13.8. The molecule has 0 aliphatic carbocycles. The summed E-state index contributed by atoms with van der Waals surface area (Å²) in [6, 6.07) is 9.60. The molecule has 0 saturated heterocycles. The van der Waals surface area contributed by atoms with Crippen molar-refractivity contribution >= 4 is 11.6 Å². The summed E-state index contributed by atoms with van der Waals surface area (Å²) < 4.78 is 0. The van der Waals surface area contributed by atoms with E-state index in [1.165, 1.54) is 6.20 Å². The molecule has 0 aromatic heterocycles. The zero-order chi connectivity index (χ0) is 16.5. The van der Waals surface area contributed by atoms with Gasteiger partial charge in [-0.25, -0.2) is 0 Å². The van der Waals surface area contributed by atoms with Crippen molar-refractivity contribution in [3.05, 3.63) is 41.6 Å². The average Bonchev–Trinajstić information content (AvgIpc) is 2.47. The lowest BCUT2D eigenvalue weighted by atomic mass is 10.0. The van der Waals surface area contributed by atoms with Crippen LogP contribution >= 0.6 is 0 Å². The van der Waals surface area contributed by atoms with Gasteiger partial charge in [0.15, 0.2) is 0 Å². The molecule has 0 unspecified atom stereocenters. The molecule has 0 fully saturated rings. The van der Waals surface area contributed by atoms with Gasteiger partial charge >= 0.3 is 0 Å². The van der Waals surface area contributed by atoms with E-state index in [4.69, 9.17) is 5.26 Å². The van der Waals surface area contributed by atoms with Gasteiger partial charge in [-0.2, -0.15) is 5.26 Å². The van der Waals surface area contributed by atoms with E-state index in [0.717, 1.165) is 24.2 Å². The summed E-state index contributed by atoms with van der Waals surface area (Å²) in [7, 11) is 0. The maximum absolute atomic E-state index is 12.2. The normalized spacial score (nSPS) is 11.4. The van der Waals surface area contributed by atoms with Crippen LogP contribution < -0.4 is 10.6 Å². The standard InChI is InChI=1S/C18H25N3O/c1-13(2)9-10-20-12-15(11-19)18(22)21-17-8-6-5-7-16(17)14(3)4/h5-8,12-14,20H,9-10H2,1-4H3,(H,21,22)/b15-12-. The molecule has 1 aromatic rings. The Morgan fingerprint density at radius 1 is 1.27 bits per heavy atom. The minimum Gasteiger partial charge on any atom is -0.390 e. The third-order valence-electron chi connectivity index (χ3n) is 3.31. The van der Waals surface area contributed by atoms with Gasteiger partial charge in [0.25, 0.3) is 5.91 Å². The van der Waals surface area contributed by atoms with Crippen LogP contribution in [0.5, 0.6) is 0 Å². The van der Waals surface area contributed by atoms with Gasteiger partial charge in [0.05, 0.1) is 0 Å². The highest BCUT2D eigenvalue weighted by molar-refractivity contribution is 6.06. The average molecular weight is 299 g/mol. The zero-order valence-corrected chi connectivity index (χ0v) is 13.8. The first-order valence-corrected chi connectivity index (χ1v) is 7.69. The maximum Gasteiger partial charge on any atom is 0.267 e. The van der Waals surface area contributed by atoms with Gasteiger partial charge in [-0.1, -0.05) is 45.9 Å². The third-order valence-corrected chi connectivity index (χ3v) is 3.31. The van der Waals surface area contributed by atoms with Crippen molar-refractivity contribution in [2.24, 2.45) is 5.92 Å². The highest BCUT2D eigenvalue weighted by Crippen LogP contribution is 2.23. The summed E-state index contributed by atoms with van der Waals surface area (Å²) in [4.78, 5) is 12.2. The molecule has 0 heterocycles. The van der Waals surface area contributed by atoms with Gasteiger partial charge in [0.2, 0.25) is 0 Å². The van der Waals surface area contributed by atoms with E-state index in [-0.39, 0.29) is 11.5 Å². The van der Waals surface area contributed by atoms with Crippen molar-refractivity contribution < 1.29 is 4.79 Å². The highest BCUT2D eigenvalue weighted by Gasteiger charge is 2.12. The Labute approximate surface area is 133 Å². The second-order valence-corrected chi connectivity index (χ2v) is 6.00. The Kier molecular flexibility index (Phi) is 7.18. The van der Waals surface area contributed by atoms with Crippen LogP contribution in [-0.2, 0) is 4.79 Å². The molecule has 0 spiro atoms. The number of hydrogen-bond acceptors (Lipinski definition) is 3. The van der Waals surface area contributed by atoms with E-state index in [1.54, 1.807) is 0 Å². The monoisotopic (exact) mass is 299 g/mol. The Balaban J connectivity index is 2.74. The largest absolute Gasteiger partial charge is 0.390 e. The van der Waals surface area contributed by atoms with Crippen molar-refractivity contribution in [2.45, 2.75) is 40.0 Å². The minimum atomic E-state index is -0.382. The number of carbonyl (C=O) groups is 1. The molecule has 0 atom stereocenters. The fourth-order valence-corrected chi connectivity index (χ4v) is 2.00. The van der Waals surface area contributed by atoms with Crippen molar-refractivity contribution in [1.82, 2.24) is 5.32 Å². The molecular formula is C18H25N3O. The lowest BCUT2D eigenvalue weighted by Gasteiger charge is -2.13. The second kappa shape index (κ2) is 8.89. The van der Waals surface area contributed by atoms with Crippen molar-refractivity contribution in [3.8, 4) is 6.07 Å². The smallest absolute Gasteiger partial charge is 0.267 e. The molecule has 1 amide bonds. The first-order chi connectivity index (χ1) is 10.5. The topological polar surface area (TPSA) is 64.9 Å². The number of para-hydroxylation sites is 1. The van der Waals surface area contributed by atoms with Gasteiger partial charge < -0.3 is 10.6 Å². The van der Waals surface area contributed by atoms with Gasteiger partial charge in [-0.05, 0) is 29.9 Å². The fourth-order valence-electron chi connectivity index (χ4n) is 2.00. The minimum absolute atomic E-state index is 0.0855.